The summed E-state index contributed by atoms with van der Waals surface area (Å²) in [6.45, 7) is 0. The average Bonchev–Trinajstić information content (AvgIpc) is 2.80. The van der Waals surface area contributed by atoms with E-state index in [0.29, 0.717) is 5.52 Å². The van der Waals surface area contributed by atoms with Gasteiger partial charge in [0.2, 0.25) is 0 Å². The Morgan fingerprint density at radius 3 is 2.50 bits per heavy atom. The third-order valence-corrected chi connectivity index (χ3v) is 5.09. The summed E-state index contributed by atoms with van der Waals surface area (Å²) >= 11 is 1.20. The van der Waals surface area contributed by atoms with Gasteiger partial charge in [-0.2, -0.15) is 0 Å². The Morgan fingerprint density at radius 1 is 1.05 bits per heavy atom. The highest BCUT2D eigenvalue weighted by Crippen LogP contribution is 2.27. The Morgan fingerprint density at radius 2 is 1.75 bits per heavy atom. The van der Waals surface area contributed by atoms with Crippen molar-refractivity contribution in [3.8, 4) is 0 Å². The van der Waals surface area contributed by atoms with Gasteiger partial charge in [-0.05, 0) is 24.3 Å². The maximum atomic E-state index is 13.6. The summed E-state index contributed by atoms with van der Waals surface area (Å²) in [5.41, 5.74) is 0.698. The smallest absolute Gasteiger partial charge is 0.255 e. The number of sulfonamides is 1. The minimum Gasteiger partial charge on any atom is -0.255 e. The largest absolute Gasteiger partial charge is 0.266 e. The van der Waals surface area contributed by atoms with Crippen molar-refractivity contribution in [1.29, 1.82) is 0 Å². The molecule has 20 heavy (non-hydrogen) atoms. The van der Waals surface area contributed by atoms with Gasteiger partial charge in [0.05, 0.1) is 10.2 Å². The predicted molar refractivity (Wildman–Crippen MR) is 76.8 cm³/mol. The van der Waals surface area contributed by atoms with Crippen molar-refractivity contribution in [2.24, 2.45) is 0 Å². The van der Waals surface area contributed by atoms with Crippen LogP contribution in [-0.2, 0) is 10.0 Å². The van der Waals surface area contributed by atoms with Gasteiger partial charge in [0.1, 0.15) is 10.7 Å². The van der Waals surface area contributed by atoms with E-state index in [1.54, 1.807) is 6.07 Å². The molecule has 0 spiro atoms. The lowest BCUT2D eigenvalue weighted by atomic mass is 10.3. The molecule has 0 unspecified atom stereocenters. The van der Waals surface area contributed by atoms with E-state index in [9.17, 15) is 12.8 Å². The molecular weight excluding hydrogens is 299 g/mol. The topological polar surface area (TPSA) is 59.1 Å². The first-order valence-corrected chi connectivity index (χ1v) is 7.99. The van der Waals surface area contributed by atoms with E-state index < -0.39 is 15.8 Å². The molecule has 0 aliphatic rings. The van der Waals surface area contributed by atoms with Crippen LogP contribution in [0.4, 0.5) is 9.52 Å². The first-order valence-electron chi connectivity index (χ1n) is 5.69. The highest BCUT2D eigenvalue weighted by molar-refractivity contribution is 7.93. The third-order valence-electron chi connectivity index (χ3n) is 2.64. The molecule has 0 aliphatic heterocycles. The van der Waals surface area contributed by atoms with Crippen LogP contribution in [0.3, 0.4) is 0 Å². The van der Waals surface area contributed by atoms with Gasteiger partial charge in [-0.15, -0.1) is 0 Å². The van der Waals surface area contributed by atoms with Crippen molar-refractivity contribution in [2.75, 3.05) is 4.72 Å². The molecule has 4 nitrogen and oxygen atoms in total. The molecule has 3 aromatic rings. The van der Waals surface area contributed by atoms with Crippen molar-refractivity contribution >= 4 is 36.7 Å². The number of para-hydroxylation sites is 1. The molecule has 3 rings (SSSR count). The van der Waals surface area contributed by atoms with Gasteiger partial charge in [0, 0.05) is 0 Å². The van der Waals surface area contributed by atoms with Gasteiger partial charge < -0.3 is 0 Å². The minimum atomic E-state index is -3.97. The van der Waals surface area contributed by atoms with E-state index in [1.165, 1.54) is 29.5 Å². The van der Waals surface area contributed by atoms with Crippen molar-refractivity contribution in [2.45, 2.75) is 4.90 Å². The van der Waals surface area contributed by atoms with E-state index in [1.807, 2.05) is 18.2 Å². The molecule has 0 atom stereocenters. The van der Waals surface area contributed by atoms with E-state index >= 15 is 0 Å². The van der Waals surface area contributed by atoms with Gasteiger partial charge in [-0.1, -0.05) is 35.6 Å². The second-order valence-electron chi connectivity index (χ2n) is 4.02. The van der Waals surface area contributed by atoms with Gasteiger partial charge in [-0.25, -0.2) is 17.8 Å². The quantitative estimate of drug-likeness (QED) is 0.808. The van der Waals surface area contributed by atoms with Crippen LogP contribution < -0.4 is 4.72 Å². The van der Waals surface area contributed by atoms with Crippen LogP contribution in [-0.4, -0.2) is 13.4 Å². The first kappa shape index (κ1) is 13.0. The number of thiazole rings is 1. The van der Waals surface area contributed by atoms with Gasteiger partial charge in [-0.3, -0.25) is 4.72 Å². The number of hydrogen-bond acceptors (Lipinski definition) is 4. The summed E-state index contributed by atoms with van der Waals surface area (Å²) in [6.07, 6.45) is 0. The normalized spacial score (nSPS) is 11.7. The first-order chi connectivity index (χ1) is 9.56. The van der Waals surface area contributed by atoms with Gasteiger partial charge in [0.15, 0.2) is 5.13 Å². The highest BCUT2D eigenvalue weighted by Gasteiger charge is 2.20. The number of hydrogen-bond donors (Lipinski definition) is 1. The zero-order valence-corrected chi connectivity index (χ0v) is 11.7. The molecule has 1 aromatic heterocycles. The Kier molecular flexibility index (Phi) is 3.15. The number of anilines is 1. The zero-order valence-electron chi connectivity index (χ0n) is 10.1. The summed E-state index contributed by atoms with van der Waals surface area (Å²) in [7, 11) is -3.97. The molecule has 0 aliphatic carbocycles. The highest BCUT2D eigenvalue weighted by atomic mass is 32.2. The molecular formula is C13H9FN2O2S2. The van der Waals surface area contributed by atoms with Crippen LogP contribution in [0.25, 0.3) is 10.2 Å². The summed E-state index contributed by atoms with van der Waals surface area (Å²) < 4.78 is 41.0. The fourth-order valence-corrected chi connectivity index (χ4v) is 3.93. The van der Waals surface area contributed by atoms with Crippen LogP contribution in [0.5, 0.6) is 0 Å². The third kappa shape index (κ3) is 2.37. The zero-order chi connectivity index (χ0) is 14.2. The second-order valence-corrected chi connectivity index (χ2v) is 6.70. The number of aromatic nitrogens is 1. The second kappa shape index (κ2) is 4.84. The molecule has 0 radical (unpaired) electrons. The molecule has 1 N–H and O–H groups in total. The molecule has 7 heteroatoms. The van der Waals surface area contributed by atoms with Crippen molar-refractivity contribution in [1.82, 2.24) is 4.98 Å². The number of nitrogens with zero attached hydrogens (tertiary/aromatic N) is 1. The number of benzene rings is 2. The van der Waals surface area contributed by atoms with Crippen molar-refractivity contribution < 1.29 is 12.8 Å². The number of nitrogens with one attached hydrogen (secondary N) is 1. The number of fused-ring (bicyclic) bond motifs is 1. The van der Waals surface area contributed by atoms with E-state index in [4.69, 9.17) is 0 Å². The maximum absolute atomic E-state index is 13.6. The Labute approximate surface area is 119 Å². The van der Waals surface area contributed by atoms with Crippen LogP contribution in [0.15, 0.2) is 53.4 Å². The summed E-state index contributed by atoms with van der Waals surface area (Å²) in [6, 6.07) is 12.5. The lowest BCUT2D eigenvalue weighted by Gasteiger charge is -2.05. The predicted octanol–water partition coefficient (Wildman–Crippen LogP) is 3.24. The molecule has 2 aromatic carbocycles. The Hall–Kier alpha value is -1.99. The van der Waals surface area contributed by atoms with Crippen LogP contribution in [0, 0.1) is 5.82 Å². The summed E-state index contributed by atoms with van der Waals surface area (Å²) in [4.78, 5) is 3.77. The van der Waals surface area contributed by atoms with Gasteiger partial charge >= 0.3 is 0 Å². The lowest BCUT2D eigenvalue weighted by Crippen LogP contribution is -2.14. The SMILES string of the molecule is O=S(=O)(Nc1nc2ccccc2s1)c1ccccc1F. The van der Waals surface area contributed by atoms with E-state index in [2.05, 4.69) is 9.71 Å². The van der Waals surface area contributed by atoms with Crippen LogP contribution in [0.1, 0.15) is 0 Å². The molecule has 0 bridgehead atoms. The van der Waals surface area contributed by atoms with Crippen LogP contribution in [0.2, 0.25) is 0 Å². The van der Waals surface area contributed by atoms with Crippen LogP contribution >= 0.6 is 11.3 Å². The maximum Gasteiger partial charge on any atom is 0.266 e. The summed E-state index contributed by atoms with van der Waals surface area (Å²) in [5.74, 6) is -0.791. The monoisotopic (exact) mass is 308 g/mol. The van der Waals surface area contributed by atoms with Crippen molar-refractivity contribution in [3.05, 3.63) is 54.3 Å². The number of halogens is 1. The number of rotatable bonds is 3. The lowest BCUT2D eigenvalue weighted by molar-refractivity contribution is 0.570. The minimum absolute atomic E-state index is 0.217. The Bertz CT molecular complexity index is 842. The fourth-order valence-electron chi connectivity index (χ4n) is 1.75. The van der Waals surface area contributed by atoms with Crippen molar-refractivity contribution in [3.63, 3.8) is 0 Å². The molecule has 0 amide bonds. The Balaban J connectivity index is 1.99. The van der Waals surface area contributed by atoms with E-state index in [-0.39, 0.29) is 10.0 Å². The molecule has 0 fully saturated rings. The molecule has 0 saturated carbocycles. The molecule has 102 valence electrons. The van der Waals surface area contributed by atoms with E-state index in [0.717, 1.165) is 10.8 Å². The standard InChI is InChI=1S/C13H9FN2O2S2/c14-9-5-1-4-8-12(9)20(17,18)16-13-15-10-6-2-3-7-11(10)19-13/h1-8H,(H,15,16). The average molecular weight is 308 g/mol. The molecule has 0 saturated heterocycles. The van der Waals surface area contributed by atoms with Gasteiger partial charge in [0.25, 0.3) is 10.0 Å². The fraction of sp³-hybridized carbons (Fsp3) is 0. The summed E-state index contributed by atoms with van der Waals surface area (Å²) in [5, 5.41) is 0.217. The molecule has 1 heterocycles.